The number of benzene rings is 1. The van der Waals surface area contributed by atoms with Crippen molar-refractivity contribution in [2.45, 2.75) is 32.3 Å². The van der Waals surface area contributed by atoms with Crippen LogP contribution < -0.4 is 9.47 Å². The molecule has 14 heteroatoms. The predicted octanol–water partition coefficient (Wildman–Crippen LogP) is 3.14. The van der Waals surface area contributed by atoms with Crippen LogP contribution in [0.25, 0.3) is 0 Å². The molecule has 1 unspecified atom stereocenters. The molecule has 44 heavy (non-hydrogen) atoms. The summed E-state index contributed by atoms with van der Waals surface area (Å²) in [5.41, 5.74) is -0.142. The topological polar surface area (TPSA) is 153 Å². The van der Waals surface area contributed by atoms with Crippen molar-refractivity contribution in [3.8, 4) is 23.8 Å². The number of carbonyl (C=O) groups excluding carboxylic acids is 1. The predicted molar refractivity (Wildman–Crippen MR) is 159 cm³/mol. The molecule has 0 fully saturated rings. The molecule has 250 valence electrons. The molecule has 0 amide bonds. The molecule has 0 heterocycles. The van der Waals surface area contributed by atoms with Crippen LogP contribution in [0.3, 0.4) is 0 Å². The zero-order valence-corrected chi connectivity index (χ0v) is 26.1. The maximum atomic E-state index is 12.1. The monoisotopic (exact) mass is 629 g/mol. The van der Waals surface area contributed by atoms with Gasteiger partial charge < -0.3 is 47.4 Å². The van der Waals surface area contributed by atoms with Gasteiger partial charge in [-0.15, -0.1) is 12.3 Å². The van der Waals surface area contributed by atoms with Gasteiger partial charge in [0.2, 0.25) is 5.75 Å². The van der Waals surface area contributed by atoms with E-state index in [4.69, 9.17) is 53.8 Å². The molecular formula is C30H47NO13. The number of unbranched alkanes of at least 4 members (excludes halogenated alkanes) is 1. The minimum Gasteiger partial charge on any atom is -0.488 e. The van der Waals surface area contributed by atoms with E-state index in [1.54, 1.807) is 14.0 Å². The smallest absolute Gasteiger partial charge is 0.321 e. The van der Waals surface area contributed by atoms with E-state index in [9.17, 15) is 14.9 Å². The SMILES string of the molecule is C#CCCCC(=O)OC(C)c1ccc(OCCOCCOCCOCCOCCOCCOCCOC)c(OC)c1[N+](=O)[O-]. The van der Waals surface area contributed by atoms with E-state index in [2.05, 4.69) is 5.92 Å². The fourth-order valence-corrected chi connectivity index (χ4v) is 3.60. The number of nitro benzene ring substituents is 1. The summed E-state index contributed by atoms with van der Waals surface area (Å²) < 4.78 is 53.7. The van der Waals surface area contributed by atoms with E-state index in [-0.39, 0.29) is 42.4 Å². The highest BCUT2D eigenvalue weighted by Gasteiger charge is 2.29. The molecule has 1 aromatic rings. The molecule has 14 nitrogen and oxygen atoms in total. The Morgan fingerprint density at radius 3 is 1.73 bits per heavy atom. The zero-order chi connectivity index (χ0) is 32.3. The number of ether oxygens (including phenoxy) is 10. The molecule has 0 aromatic heterocycles. The summed E-state index contributed by atoms with van der Waals surface area (Å²) in [5, 5.41) is 11.9. The Morgan fingerprint density at radius 2 is 1.30 bits per heavy atom. The normalized spacial score (nSPS) is 11.6. The van der Waals surface area contributed by atoms with Gasteiger partial charge in [-0.3, -0.25) is 14.9 Å². The highest BCUT2D eigenvalue weighted by Crippen LogP contribution is 2.42. The second kappa shape index (κ2) is 26.4. The lowest BCUT2D eigenvalue weighted by molar-refractivity contribution is -0.387. The van der Waals surface area contributed by atoms with Gasteiger partial charge in [-0.2, -0.15) is 0 Å². The molecule has 0 bridgehead atoms. The largest absolute Gasteiger partial charge is 0.488 e. The Balaban J connectivity index is 2.18. The van der Waals surface area contributed by atoms with E-state index < -0.39 is 17.0 Å². The second-order valence-electron chi connectivity index (χ2n) is 9.00. The van der Waals surface area contributed by atoms with Crippen LogP contribution in [0, 0.1) is 22.5 Å². The van der Waals surface area contributed by atoms with Crippen LogP contribution in [-0.2, 0) is 42.7 Å². The lowest BCUT2D eigenvalue weighted by Crippen LogP contribution is -2.15. The van der Waals surface area contributed by atoms with Gasteiger partial charge in [0.1, 0.15) is 12.7 Å². The number of esters is 1. The quantitative estimate of drug-likeness (QED) is 0.0420. The molecule has 0 saturated carbocycles. The van der Waals surface area contributed by atoms with Crippen LogP contribution in [0.2, 0.25) is 0 Å². The van der Waals surface area contributed by atoms with E-state index >= 15 is 0 Å². The van der Waals surface area contributed by atoms with Crippen molar-refractivity contribution >= 4 is 11.7 Å². The summed E-state index contributed by atoms with van der Waals surface area (Å²) in [7, 11) is 2.93. The summed E-state index contributed by atoms with van der Waals surface area (Å²) in [5.74, 6) is 2.07. The number of methoxy groups -OCH3 is 2. The third-order valence-electron chi connectivity index (χ3n) is 5.74. The van der Waals surface area contributed by atoms with E-state index in [0.29, 0.717) is 92.1 Å². The fraction of sp³-hybridized carbons (Fsp3) is 0.700. The van der Waals surface area contributed by atoms with Crippen LogP contribution in [-0.4, -0.2) is 118 Å². The third-order valence-corrected chi connectivity index (χ3v) is 5.74. The molecule has 0 N–H and O–H groups in total. The van der Waals surface area contributed by atoms with Gasteiger partial charge in [-0.05, 0) is 25.5 Å². The van der Waals surface area contributed by atoms with Crippen molar-refractivity contribution in [2.24, 2.45) is 0 Å². The van der Waals surface area contributed by atoms with Crippen LogP contribution in [0.4, 0.5) is 5.69 Å². The summed E-state index contributed by atoms with van der Waals surface area (Å²) in [6.45, 7) is 7.54. The van der Waals surface area contributed by atoms with Gasteiger partial charge in [-0.25, -0.2) is 0 Å². The minimum absolute atomic E-state index is 0.0654. The number of hydrogen-bond acceptors (Lipinski definition) is 13. The van der Waals surface area contributed by atoms with Crippen LogP contribution in [0.15, 0.2) is 12.1 Å². The average Bonchev–Trinajstić information content (AvgIpc) is 3.01. The maximum Gasteiger partial charge on any atom is 0.321 e. The van der Waals surface area contributed by atoms with Crippen molar-refractivity contribution in [1.29, 1.82) is 0 Å². The lowest BCUT2D eigenvalue weighted by atomic mass is 10.1. The van der Waals surface area contributed by atoms with Crippen LogP contribution in [0.5, 0.6) is 11.5 Å². The highest BCUT2D eigenvalue weighted by molar-refractivity contribution is 5.70. The van der Waals surface area contributed by atoms with Gasteiger partial charge >= 0.3 is 11.7 Å². The van der Waals surface area contributed by atoms with Crippen LogP contribution in [0.1, 0.15) is 37.9 Å². The maximum absolute atomic E-state index is 12.1. The van der Waals surface area contributed by atoms with Crippen LogP contribution >= 0.6 is 0 Å². The first-order chi connectivity index (χ1) is 21.5. The van der Waals surface area contributed by atoms with E-state index in [1.807, 2.05) is 0 Å². The van der Waals surface area contributed by atoms with Crippen molar-refractivity contribution in [3.05, 3.63) is 27.8 Å². The second-order valence-corrected chi connectivity index (χ2v) is 9.00. The van der Waals surface area contributed by atoms with Gasteiger partial charge in [0, 0.05) is 20.0 Å². The minimum atomic E-state index is -0.869. The molecule has 0 aliphatic carbocycles. The fourth-order valence-electron chi connectivity index (χ4n) is 3.60. The number of carbonyl (C=O) groups is 1. The molecule has 0 saturated heterocycles. The van der Waals surface area contributed by atoms with Gasteiger partial charge in [0.15, 0.2) is 5.75 Å². The average molecular weight is 630 g/mol. The van der Waals surface area contributed by atoms with E-state index in [1.165, 1.54) is 19.2 Å². The first-order valence-electron chi connectivity index (χ1n) is 14.5. The lowest BCUT2D eigenvalue weighted by Gasteiger charge is -2.17. The zero-order valence-electron chi connectivity index (χ0n) is 26.1. The first kappa shape index (κ1) is 39.0. The Morgan fingerprint density at radius 1 is 0.818 bits per heavy atom. The first-order valence-corrected chi connectivity index (χ1v) is 14.5. The Kier molecular flexibility index (Phi) is 23.4. The number of nitrogens with zero attached hydrogens (tertiary/aromatic N) is 1. The highest BCUT2D eigenvalue weighted by atomic mass is 16.6. The molecule has 0 aliphatic heterocycles. The Labute approximate surface area is 259 Å². The summed E-state index contributed by atoms with van der Waals surface area (Å²) in [6, 6.07) is 3.02. The summed E-state index contributed by atoms with van der Waals surface area (Å²) >= 11 is 0. The van der Waals surface area contributed by atoms with Crippen molar-refractivity contribution in [3.63, 3.8) is 0 Å². The summed E-state index contributed by atoms with van der Waals surface area (Å²) in [4.78, 5) is 23.3. The molecule has 0 spiro atoms. The van der Waals surface area contributed by atoms with Gasteiger partial charge in [0.05, 0.1) is 103 Å². The van der Waals surface area contributed by atoms with Crippen molar-refractivity contribution in [1.82, 2.24) is 0 Å². The number of hydrogen-bond donors (Lipinski definition) is 0. The van der Waals surface area contributed by atoms with Gasteiger partial charge in [-0.1, -0.05) is 0 Å². The third kappa shape index (κ3) is 17.9. The van der Waals surface area contributed by atoms with Crippen molar-refractivity contribution < 1.29 is 57.1 Å². The van der Waals surface area contributed by atoms with Gasteiger partial charge in [0.25, 0.3) is 0 Å². The molecule has 0 aliphatic rings. The Hall–Kier alpha value is -3.03. The molecule has 1 atom stereocenters. The van der Waals surface area contributed by atoms with Crippen molar-refractivity contribution in [2.75, 3.05) is 107 Å². The summed E-state index contributed by atoms with van der Waals surface area (Å²) in [6.07, 6.45) is 5.37. The standard InChI is InChI=1S/C30H47NO13/c1-5-6-7-8-28(32)44-25(2)26-9-10-27(30(36-4)29(26)31(33)34)43-24-23-42-22-21-41-20-19-40-18-17-39-16-15-38-14-13-37-12-11-35-3/h1,9-10,25H,6-8,11-24H2,2-4H3. The Bertz CT molecular complexity index is 954. The molecule has 1 aromatic carbocycles. The molecular weight excluding hydrogens is 582 g/mol. The number of terminal acetylenes is 1. The number of rotatable bonds is 29. The number of nitro groups is 1. The van der Waals surface area contributed by atoms with E-state index in [0.717, 1.165) is 0 Å². The molecule has 1 rings (SSSR count). The molecule has 0 radical (unpaired) electrons.